The molecule has 10 heteroatoms. The summed E-state index contributed by atoms with van der Waals surface area (Å²) in [6.07, 6.45) is 2.15. The number of fused-ring (bicyclic) bond motifs is 2. The zero-order chi connectivity index (χ0) is 22.4. The zero-order valence-electron chi connectivity index (χ0n) is 17.1. The predicted octanol–water partition coefficient (Wildman–Crippen LogP) is 2.80. The molecule has 1 aliphatic rings. The molecule has 0 bridgehead atoms. The van der Waals surface area contributed by atoms with E-state index in [0.29, 0.717) is 29.7 Å². The monoisotopic (exact) mass is 435 g/mol. The van der Waals surface area contributed by atoms with Gasteiger partial charge in [-0.25, -0.2) is 13.8 Å². The molecule has 0 saturated carbocycles. The van der Waals surface area contributed by atoms with Gasteiger partial charge in [0.05, 0.1) is 23.0 Å². The van der Waals surface area contributed by atoms with Crippen molar-refractivity contribution in [1.29, 1.82) is 0 Å². The first-order valence-electron chi connectivity index (χ1n) is 9.98. The molecule has 8 nitrogen and oxygen atoms in total. The van der Waals surface area contributed by atoms with Crippen LogP contribution in [0.1, 0.15) is 21.6 Å². The van der Waals surface area contributed by atoms with Crippen molar-refractivity contribution in [3.05, 3.63) is 71.1 Å². The number of hydrogen-bond donors (Lipinski definition) is 2. The van der Waals surface area contributed by atoms with E-state index in [4.69, 9.17) is 5.73 Å². The van der Waals surface area contributed by atoms with Crippen molar-refractivity contribution in [2.24, 2.45) is 5.73 Å². The van der Waals surface area contributed by atoms with E-state index < -0.39 is 11.7 Å². The fourth-order valence-electron chi connectivity index (χ4n) is 3.96. The van der Waals surface area contributed by atoms with Crippen LogP contribution in [0.3, 0.4) is 0 Å². The fraction of sp³-hybridized carbons (Fsp3) is 0.182. The lowest BCUT2D eigenvalue weighted by Crippen LogP contribution is -2.16. The van der Waals surface area contributed by atoms with E-state index in [1.165, 1.54) is 29.1 Å². The van der Waals surface area contributed by atoms with Crippen LogP contribution in [0.5, 0.6) is 0 Å². The summed E-state index contributed by atoms with van der Waals surface area (Å²) in [6.45, 7) is 1.12. The topological polar surface area (TPSA) is 102 Å². The molecule has 32 heavy (non-hydrogen) atoms. The van der Waals surface area contributed by atoms with Crippen LogP contribution in [-0.4, -0.2) is 39.2 Å². The summed E-state index contributed by atoms with van der Waals surface area (Å²) >= 11 is 0. The smallest absolute Gasteiger partial charge is 0.253 e. The molecule has 162 valence electrons. The van der Waals surface area contributed by atoms with Gasteiger partial charge in [0.25, 0.3) is 5.95 Å². The minimum atomic E-state index is -0.747. The number of carbonyl (C=O) groups excluding carboxylic acids is 1. The van der Waals surface area contributed by atoms with Gasteiger partial charge in [0.1, 0.15) is 17.3 Å². The van der Waals surface area contributed by atoms with Crippen molar-refractivity contribution in [3.8, 4) is 5.95 Å². The Morgan fingerprint density at radius 2 is 2.03 bits per heavy atom. The summed E-state index contributed by atoms with van der Waals surface area (Å²) in [5.41, 5.74) is 8.20. The number of primary amides is 1. The van der Waals surface area contributed by atoms with Gasteiger partial charge in [-0.15, -0.1) is 0 Å². The van der Waals surface area contributed by atoms with Crippen molar-refractivity contribution >= 4 is 28.3 Å². The lowest BCUT2D eigenvalue weighted by molar-refractivity contribution is 0.100. The molecule has 0 atom stereocenters. The van der Waals surface area contributed by atoms with Crippen molar-refractivity contribution in [2.75, 3.05) is 23.8 Å². The van der Waals surface area contributed by atoms with Gasteiger partial charge in [0.2, 0.25) is 5.91 Å². The van der Waals surface area contributed by atoms with Crippen LogP contribution in [0, 0.1) is 11.6 Å². The van der Waals surface area contributed by atoms with Crippen LogP contribution >= 0.6 is 0 Å². The van der Waals surface area contributed by atoms with E-state index in [9.17, 15) is 13.6 Å². The first kappa shape index (κ1) is 19.9. The average Bonchev–Trinajstić information content (AvgIpc) is 3.35. The number of anilines is 2. The third-order valence-corrected chi connectivity index (χ3v) is 5.47. The number of nitrogens with two attached hydrogens (primary N) is 1. The minimum absolute atomic E-state index is 0.0385. The van der Waals surface area contributed by atoms with E-state index in [1.54, 1.807) is 6.07 Å². The molecule has 2 aromatic carbocycles. The molecule has 0 saturated heterocycles. The molecule has 3 heterocycles. The van der Waals surface area contributed by atoms with Gasteiger partial charge in [0, 0.05) is 38.0 Å². The van der Waals surface area contributed by atoms with Crippen molar-refractivity contribution in [3.63, 3.8) is 0 Å². The quantitative estimate of drug-likeness (QED) is 0.500. The number of halogens is 2. The number of aromatic nitrogens is 4. The zero-order valence-corrected chi connectivity index (χ0v) is 17.1. The number of likely N-dealkylation sites (N-methyl/N-ethyl adjacent to an activating group) is 1. The third-order valence-electron chi connectivity index (χ3n) is 5.47. The molecule has 4 aromatic rings. The van der Waals surface area contributed by atoms with Gasteiger partial charge < -0.3 is 16.0 Å². The van der Waals surface area contributed by atoms with E-state index >= 15 is 0 Å². The first-order valence-corrected chi connectivity index (χ1v) is 9.98. The second-order valence-corrected chi connectivity index (χ2v) is 7.63. The highest BCUT2D eigenvalue weighted by Crippen LogP contribution is 2.33. The second-order valence-electron chi connectivity index (χ2n) is 7.63. The lowest BCUT2D eigenvalue weighted by atomic mass is 10.1. The normalized spacial score (nSPS) is 12.9. The summed E-state index contributed by atoms with van der Waals surface area (Å²) in [7, 11) is 1.94. The molecule has 0 fully saturated rings. The first-order chi connectivity index (χ1) is 15.4. The molecule has 2 aromatic heterocycles. The van der Waals surface area contributed by atoms with E-state index in [2.05, 4.69) is 20.4 Å². The highest BCUT2D eigenvalue weighted by Gasteiger charge is 2.25. The Morgan fingerprint density at radius 1 is 1.19 bits per heavy atom. The van der Waals surface area contributed by atoms with Gasteiger partial charge in [-0.3, -0.25) is 4.79 Å². The Balaban J connectivity index is 1.60. The lowest BCUT2D eigenvalue weighted by Gasteiger charge is -2.17. The summed E-state index contributed by atoms with van der Waals surface area (Å²) in [5, 5.41) is 7.96. The molecule has 3 N–H and O–H groups in total. The molecule has 0 radical (unpaired) electrons. The molecule has 5 rings (SSSR count). The number of nitrogens with one attached hydrogen (secondary N) is 1. The Morgan fingerprint density at radius 3 is 2.81 bits per heavy atom. The fourth-order valence-corrected chi connectivity index (χ4v) is 3.96. The Bertz CT molecular complexity index is 1370. The van der Waals surface area contributed by atoms with Gasteiger partial charge in [0.15, 0.2) is 5.82 Å². The van der Waals surface area contributed by atoms with Crippen LogP contribution < -0.4 is 16.0 Å². The van der Waals surface area contributed by atoms with Crippen LogP contribution in [0.4, 0.5) is 20.3 Å². The van der Waals surface area contributed by atoms with E-state index in [1.807, 2.05) is 18.0 Å². The van der Waals surface area contributed by atoms with Gasteiger partial charge in [-0.2, -0.15) is 14.8 Å². The van der Waals surface area contributed by atoms with E-state index in [0.717, 1.165) is 29.6 Å². The summed E-state index contributed by atoms with van der Waals surface area (Å²) < 4.78 is 29.1. The molecule has 0 aliphatic carbocycles. The van der Waals surface area contributed by atoms with Crippen LogP contribution in [0.15, 0.2) is 42.6 Å². The Kier molecular flexibility index (Phi) is 4.69. The summed E-state index contributed by atoms with van der Waals surface area (Å²) in [5.74, 6) is -0.882. The largest absolute Gasteiger partial charge is 0.370 e. The molecule has 0 spiro atoms. The highest BCUT2D eigenvalue weighted by molar-refractivity contribution is 6.05. The van der Waals surface area contributed by atoms with Gasteiger partial charge >= 0.3 is 0 Å². The molecule has 0 unspecified atom stereocenters. The number of rotatable bonds is 5. The Labute approximate surface area is 181 Å². The molecule has 1 amide bonds. The standard InChI is InChI=1S/C22H19F2N7O/c1-30-6-5-17-19(30)21(26-10-12-3-2-4-13(23)7-12)29-22(28-17)31-18-9-14(24)8-15(20(25)32)16(18)11-27-31/h2-4,7-9,11H,5-6,10H2,1H3,(H2,25,32)(H,26,28,29). The van der Waals surface area contributed by atoms with Gasteiger partial charge in [-0.05, 0) is 23.8 Å². The minimum Gasteiger partial charge on any atom is -0.370 e. The molecular weight excluding hydrogens is 416 g/mol. The average molecular weight is 435 g/mol. The van der Waals surface area contributed by atoms with Crippen molar-refractivity contribution in [1.82, 2.24) is 19.7 Å². The maximum Gasteiger partial charge on any atom is 0.253 e. The summed E-state index contributed by atoms with van der Waals surface area (Å²) in [4.78, 5) is 23.1. The maximum absolute atomic E-state index is 14.2. The van der Waals surface area contributed by atoms with Crippen LogP contribution in [0.25, 0.3) is 16.9 Å². The highest BCUT2D eigenvalue weighted by atomic mass is 19.1. The molecular formula is C22H19F2N7O. The number of carbonyl (C=O) groups is 1. The number of nitrogens with zero attached hydrogens (tertiary/aromatic N) is 5. The van der Waals surface area contributed by atoms with E-state index in [-0.39, 0.29) is 17.3 Å². The van der Waals surface area contributed by atoms with Crippen molar-refractivity contribution < 1.29 is 13.6 Å². The number of benzene rings is 2. The maximum atomic E-state index is 14.2. The number of amides is 1. The third kappa shape index (κ3) is 3.39. The number of hydrogen-bond acceptors (Lipinski definition) is 6. The van der Waals surface area contributed by atoms with Crippen LogP contribution in [-0.2, 0) is 13.0 Å². The predicted molar refractivity (Wildman–Crippen MR) is 116 cm³/mol. The molecule has 1 aliphatic heterocycles. The Hall–Kier alpha value is -4.08. The van der Waals surface area contributed by atoms with Crippen LogP contribution in [0.2, 0.25) is 0 Å². The summed E-state index contributed by atoms with van der Waals surface area (Å²) in [6, 6.07) is 8.65. The van der Waals surface area contributed by atoms with Crippen molar-refractivity contribution in [2.45, 2.75) is 13.0 Å². The SMILES string of the molecule is CN1CCc2nc(-n3ncc4c(C(N)=O)cc(F)cc43)nc(NCc3cccc(F)c3)c21. The van der Waals surface area contributed by atoms with Gasteiger partial charge in [-0.1, -0.05) is 12.1 Å². The second kappa shape index (κ2) is 7.56.